The lowest BCUT2D eigenvalue weighted by molar-refractivity contribution is -0.138. The van der Waals surface area contributed by atoms with Crippen molar-refractivity contribution in [3.8, 4) is 5.75 Å². The van der Waals surface area contributed by atoms with Gasteiger partial charge in [0.25, 0.3) is 0 Å². The minimum absolute atomic E-state index is 0.0333. The van der Waals surface area contributed by atoms with E-state index in [1.165, 1.54) is 7.11 Å². The second-order valence-corrected chi connectivity index (χ2v) is 4.54. The largest absolute Gasteiger partial charge is 0.425 e. The molecule has 4 heteroatoms. The first-order chi connectivity index (χ1) is 8.61. The molecule has 0 unspecified atom stereocenters. The third kappa shape index (κ3) is 5.68. The number of esters is 1. The highest BCUT2D eigenvalue weighted by atomic mass is 16.6. The molecule has 0 saturated heterocycles. The van der Waals surface area contributed by atoms with Crippen LogP contribution in [0.3, 0.4) is 0 Å². The quantitative estimate of drug-likeness (QED) is 0.598. The summed E-state index contributed by atoms with van der Waals surface area (Å²) >= 11 is 0. The molecule has 0 aliphatic heterocycles. The first-order valence-corrected chi connectivity index (χ1v) is 6.15. The maximum Gasteiger partial charge on any atom is 0.337 e. The summed E-state index contributed by atoms with van der Waals surface area (Å²) in [5, 5.41) is 3.32. The first kappa shape index (κ1) is 14.5. The molecule has 0 saturated carbocycles. The van der Waals surface area contributed by atoms with Crippen LogP contribution in [0.4, 0.5) is 5.69 Å². The van der Waals surface area contributed by atoms with Crippen LogP contribution in [0.5, 0.6) is 5.75 Å². The summed E-state index contributed by atoms with van der Waals surface area (Å²) in [5.41, 5.74) is 1.03. The molecule has 1 aromatic rings. The van der Waals surface area contributed by atoms with Crippen LogP contribution in [-0.2, 0) is 9.53 Å². The smallest absolute Gasteiger partial charge is 0.337 e. The highest BCUT2D eigenvalue weighted by molar-refractivity contribution is 5.73. The topological polar surface area (TPSA) is 47.6 Å². The van der Waals surface area contributed by atoms with Crippen LogP contribution in [0.2, 0.25) is 0 Å². The van der Waals surface area contributed by atoms with Crippen molar-refractivity contribution in [1.29, 1.82) is 0 Å². The third-order valence-electron chi connectivity index (χ3n) is 2.40. The van der Waals surface area contributed by atoms with Gasteiger partial charge >= 0.3 is 5.97 Å². The molecule has 4 nitrogen and oxygen atoms in total. The number of nitrogens with one attached hydrogen (secondary N) is 1. The normalized spacial score (nSPS) is 10.4. The third-order valence-corrected chi connectivity index (χ3v) is 2.40. The number of ether oxygens (including phenoxy) is 2. The average Bonchev–Trinajstić information content (AvgIpc) is 2.31. The van der Waals surface area contributed by atoms with Gasteiger partial charge in [-0.1, -0.05) is 13.8 Å². The van der Waals surface area contributed by atoms with E-state index in [9.17, 15) is 4.79 Å². The lowest BCUT2D eigenvalue weighted by atomic mass is 10.1. The van der Waals surface area contributed by atoms with Gasteiger partial charge in [0.2, 0.25) is 0 Å². The first-order valence-electron chi connectivity index (χ1n) is 6.15. The Kier molecular flexibility index (Phi) is 6.22. The predicted octanol–water partition coefficient (Wildman–Crippen LogP) is 2.70. The second-order valence-electron chi connectivity index (χ2n) is 4.54. The number of carbonyl (C=O) groups excluding carboxylic acids is 1. The molecule has 0 heterocycles. The van der Waals surface area contributed by atoms with Crippen molar-refractivity contribution in [3.05, 3.63) is 24.3 Å². The van der Waals surface area contributed by atoms with Crippen LogP contribution < -0.4 is 10.1 Å². The highest BCUT2D eigenvalue weighted by Crippen LogP contribution is 2.16. The Hall–Kier alpha value is -1.55. The maximum absolute atomic E-state index is 11.2. The molecule has 0 radical (unpaired) electrons. The number of benzene rings is 1. The molecule has 0 fully saturated rings. The van der Waals surface area contributed by atoms with Crippen LogP contribution in [0.1, 0.15) is 20.3 Å². The number of carbonyl (C=O) groups is 1. The van der Waals surface area contributed by atoms with Crippen molar-refractivity contribution in [2.75, 3.05) is 25.6 Å². The Morgan fingerprint density at radius 2 is 1.94 bits per heavy atom. The lowest BCUT2D eigenvalue weighted by Gasteiger charge is -2.09. The molecule has 18 heavy (non-hydrogen) atoms. The fourth-order valence-corrected chi connectivity index (χ4v) is 1.42. The SMILES string of the molecule is COCC(=O)Oc1ccc(NCCC(C)C)cc1. The molecule has 0 aliphatic carbocycles. The minimum atomic E-state index is -0.391. The fraction of sp³-hybridized carbons (Fsp3) is 0.500. The summed E-state index contributed by atoms with van der Waals surface area (Å²) in [6.45, 7) is 5.30. The van der Waals surface area contributed by atoms with Crippen LogP contribution in [-0.4, -0.2) is 26.2 Å². The van der Waals surface area contributed by atoms with E-state index >= 15 is 0 Å². The molecule has 0 amide bonds. The summed E-state index contributed by atoms with van der Waals surface area (Å²) in [6, 6.07) is 7.34. The lowest BCUT2D eigenvalue weighted by Crippen LogP contribution is -2.14. The van der Waals surface area contributed by atoms with E-state index in [1.54, 1.807) is 12.1 Å². The van der Waals surface area contributed by atoms with E-state index in [-0.39, 0.29) is 6.61 Å². The van der Waals surface area contributed by atoms with Gasteiger partial charge in [0, 0.05) is 19.3 Å². The van der Waals surface area contributed by atoms with Crippen molar-refractivity contribution in [2.45, 2.75) is 20.3 Å². The molecule has 1 aromatic carbocycles. The van der Waals surface area contributed by atoms with Crippen LogP contribution >= 0.6 is 0 Å². The number of hydrogen-bond donors (Lipinski definition) is 1. The predicted molar refractivity (Wildman–Crippen MR) is 71.9 cm³/mol. The van der Waals surface area contributed by atoms with Crippen LogP contribution in [0, 0.1) is 5.92 Å². The zero-order valence-electron chi connectivity index (χ0n) is 11.2. The van der Waals surface area contributed by atoms with Gasteiger partial charge in [-0.25, -0.2) is 4.79 Å². The van der Waals surface area contributed by atoms with Gasteiger partial charge < -0.3 is 14.8 Å². The standard InChI is InChI=1S/C14H21NO3/c1-11(2)8-9-15-12-4-6-13(7-5-12)18-14(16)10-17-3/h4-7,11,15H,8-10H2,1-3H3. The molecule has 0 spiro atoms. The van der Waals surface area contributed by atoms with E-state index in [0.717, 1.165) is 18.7 Å². The van der Waals surface area contributed by atoms with E-state index in [2.05, 4.69) is 23.9 Å². The van der Waals surface area contributed by atoms with Gasteiger partial charge in [0.15, 0.2) is 0 Å². The molecule has 0 aromatic heterocycles. The Morgan fingerprint density at radius 1 is 1.28 bits per heavy atom. The Labute approximate surface area is 108 Å². The van der Waals surface area contributed by atoms with Gasteiger partial charge in [-0.15, -0.1) is 0 Å². The monoisotopic (exact) mass is 251 g/mol. The average molecular weight is 251 g/mol. The Bertz CT molecular complexity index is 360. The molecular formula is C14H21NO3. The summed E-state index contributed by atoms with van der Waals surface area (Å²) in [7, 11) is 1.46. The number of rotatable bonds is 7. The molecule has 0 atom stereocenters. The van der Waals surface area contributed by atoms with Gasteiger partial charge in [-0.05, 0) is 36.6 Å². The van der Waals surface area contributed by atoms with Gasteiger partial charge in [-0.2, -0.15) is 0 Å². The van der Waals surface area contributed by atoms with Crippen molar-refractivity contribution < 1.29 is 14.3 Å². The van der Waals surface area contributed by atoms with E-state index in [4.69, 9.17) is 4.74 Å². The summed E-state index contributed by atoms with van der Waals surface area (Å²) < 4.78 is 9.75. The van der Waals surface area contributed by atoms with Crippen molar-refractivity contribution in [1.82, 2.24) is 0 Å². The van der Waals surface area contributed by atoms with Crippen molar-refractivity contribution in [3.63, 3.8) is 0 Å². The summed E-state index contributed by atoms with van der Waals surface area (Å²) in [6.07, 6.45) is 1.13. The Balaban J connectivity index is 2.40. The van der Waals surface area contributed by atoms with E-state index in [0.29, 0.717) is 11.7 Å². The maximum atomic E-state index is 11.2. The molecule has 1 N–H and O–H groups in total. The van der Waals surface area contributed by atoms with Crippen LogP contribution in [0.25, 0.3) is 0 Å². The van der Waals surface area contributed by atoms with Gasteiger partial charge in [-0.3, -0.25) is 0 Å². The van der Waals surface area contributed by atoms with Crippen molar-refractivity contribution in [2.24, 2.45) is 5.92 Å². The number of methoxy groups -OCH3 is 1. The number of hydrogen-bond acceptors (Lipinski definition) is 4. The minimum Gasteiger partial charge on any atom is -0.425 e. The van der Waals surface area contributed by atoms with Gasteiger partial charge in [0.05, 0.1) is 0 Å². The fourth-order valence-electron chi connectivity index (χ4n) is 1.42. The summed E-state index contributed by atoms with van der Waals surface area (Å²) in [4.78, 5) is 11.2. The number of anilines is 1. The highest BCUT2D eigenvalue weighted by Gasteiger charge is 2.03. The zero-order valence-corrected chi connectivity index (χ0v) is 11.2. The van der Waals surface area contributed by atoms with Crippen LogP contribution in [0.15, 0.2) is 24.3 Å². The second kappa shape index (κ2) is 7.71. The summed E-state index contributed by atoms with van der Waals surface area (Å²) in [5.74, 6) is 0.830. The van der Waals surface area contributed by atoms with Crippen molar-refractivity contribution >= 4 is 11.7 Å². The molecule has 0 aliphatic rings. The molecule has 100 valence electrons. The molecule has 0 bridgehead atoms. The molecular weight excluding hydrogens is 230 g/mol. The van der Waals surface area contributed by atoms with E-state index in [1.807, 2.05) is 12.1 Å². The zero-order chi connectivity index (χ0) is 13.4. The molecule has 1 rings (SSSR count). The Morgan fingerprint density at radius 3 is 2.50 bits per heavy atom. The van der Waals surface area contributed by atoms with E-state index < -0.39 is 5.97 Å². The van der Waals surface area contributed by atoms with Gasteiger partial charge in [0.1, 0.15) is 12.4 Å².